The number of nitrogens with two attached hydrogens (primary N) is 1. The number of hydrogen-bond acceptors (Lipinski definition) is 10. The Hall–Kier alpha value is -4.26. The molecule has 46 heavy (non-hydrogen) atoms. The molecule has 242 valence electrons. The molecule has 0 radical (unpaired) electrons. The van der Waals surface area contributed by atoms with Crippen LogP contribution in [0.25, 0.3) is 22.2 Å². The third-order valence-electron chi connectivity index (χ3n) is 9.91. The van der Waals surface area contributed by atoms with Crippen molar-refractivity contribution in [3.8, 4) is 11.3 Å². The molecular formula is C34H44N10O2. The zero-order chi connectivity index (χ0) is 31.6. The number of benzene rings is 1. The van der Waals surface area contributed by atoms with Crippen LogP contribution in [0.3, 0.4) is 0 Å². The minimum atomic E-state index is -0.669. The zero-order valence-electron chi connectivity index (χ0n) is 26.5. The first-order valence-corrected chi connectivity index (χ1v) is 16.5. The number of likely N-dealkylation sites (N-methyl/N-ethyl adjacent to an activating group) is 1. The van der Waals surface area contributed by atoms with Gasteiger partial charge in [-0.2, -0.15) is 0 Å². The van der Waals surface area contributed by atoms with Crippen LogP contribution in [-0.2, 0) is 0 Å². The molecule has 4 aromatic rings. The second-order valence-electron chi connectivity index (χ2n) is 13.0. The summed E-state index contributed by atoms with van der Waals surface area (Å²) in [5, 5.41) is 17.9. The molecule has 2 saturated heterocycles. The lowest BCUT2D eigenvalue weighted by Crippen LogP contribution is -2.52. The summed E-state index contributed by atoms with van der Waals surface area (Å²) in [5.74, 6) is 0.173. The van der Waals surface area contributed by atoms with Gasteiger partial charge >= 0.3 is 0 Å². The number of pyridine rings is 1. The minimum Gasteiger partial charge on any atom is -0.393 e. The van der Waals surface area contributed by atoms with E-state index in [4.69, 9.17) is 15.7 Å². The number of aliphatic hydroxyl groups excluding tert-OH is 1. The molecule has 5 heterocycles. The number of carbonyl (C=O) groups excluding carboxylic acids is 1. The summed E-state index contributed by atoms with van der Waals surface area (Å²) in [6, 6.07) is 11.0. The van der Waals surface area contributed by atoms with Gasteiger partial charge in [-0.15, -0.1) is 0 Å². The van der Waals surface area contributed by atoms with E-state index < -0.39 is 5.91 Å². The number of amides is 1. The Balaban J connectivity index is 1.12. The summed E-state index contributed by atoms with van der Waals surface area (Å²) >= 11 is 0. The fourth-order valence-electron chi connectivity index (χ4n) is 7.13. The molecule has 12 nitrogen and oxygen atoms in total. The fraction of sp³-hybridized carbons (Fsp3) is 0.471. The average Bonchev–Trinajstić information content (AvgIpc) is 3.56. The number of piperazine rings is 1. The summed E-state index contributed by atoms with van der Waals surface area (Å²) in [5.41, 5.74) is 10.0. The van der Waals surface area contributed by atoms with Crippen LogP contribution in [0.2, 0.25) is 0 Å². The second kappa shape index (κ2) is 13.2. The molecule has 3 fully saturated rings. The zero-order valence-corrected chi connectivity index (χ0v) is 26.5. The van der Waals surface area contributed by atoms with Gasteiger partial charge in [-0.1, -0.05) is 0 Å². The Morgan fingerprint density at radius 2 is 1.65 bits per heavy atom. The Kier molecular flexibility index (Phi) is 8.74. The first-order chi connectivity index (χ1) is 22.4. The molecule has 1 saturated carbocycles. The number of primary amides is 1. The van der Waals surface area contributed by atoms with E-state index in [2.05, 4.69) is 54.5 Å². The summed E-state index contributed by atoms with van der Waals surface area (Å²) in [6.45, 7) is 6.72. The molecule has 12 heteroatoms. The van der Waals surface area contributed by atoms with Crippen molar-refractivity contribution in [2.45, 2.75) is 56.7 Å². The largest absolute Gasteiger partial charge is 0.393 e. The lowest BCUT2D eigenvalue weighted by Gasteiger charge is -2.42. The van der Waals surface area contributed by atoms with E-state index in [1.807, 2.05) is 24.4 Å². The highest BCUT2D eigenvalue weighted by atomic mass is 16.3. The van der Waals surface area contributed by atoms with E-state index in [0.29, 0.717) is 23.4 Å². The number of carbonyl (C=O) groups is 1. The van der Waals surface area contributed by atoms with Crippen molar-refractivity contribution in [2.24, 2.45) is 5.73 Å². The normalized spacial score (nSPS) is 21.8. The highest BCUT2D eigenvalue weighted by Gasteiger charge is 2.28. The number of aromatic nitrogens is 4. The molecule has 1 aromatic carbocycles. The molecular weight excluding hydrogens is 580 g/mol. The summed E-state index contributed by atoms with van der Waals surface area (Å²) in [6.07, 6.45) is 10.5. The average molecular weight is 625 g/mol. The molecule has 6 N–H and O–H groups in total. The number of piperidine rings is 1. The van der Waals surface area contributed by atoms with Crippen LogP contribution >= 0.6 is 0 Å². The van der Waals surface area contributed by atoms with Crippen molar-refractivity contribution in [2.75, 3.05) is 61.8 Å². The van der Waals surface area contributed by atoms with Gasteiger partial charge in [0.2, 0.25) is 0 Å². The molecule has 0 unspecified atom stereocenters. The third-order valence-corrected chi connectivity index (χ3v) is 9.91. The van der Waals surface area contributed by atoms with E-state index in [0.717, 1.165) is 74.0 Å². The Labute approximate surface area is 269 Å². The number of rotatable bonds is 8. The Morgan fingerprint density at radius 1 is 0.913 bits per heavy atom. The summed E-state index contributed by atoms with van der Waals surface area (Å²) < 4.78 is 0. The third kappa shape index (κ3) is 6.51. The van der Waals surface area contributed by atoms with Gasteiger partial charge in [-0.05, 0) is 75.9 Å². The summed E-state index contributed by atoms with van der Waals surface area (Å²) in [4.78, 5) is 37.6. The minimum absolute atomic E-state index is 0.0576. The van der Waals surface area contributed by atoms with Crippen LogP contribution in [0.15, 0.2) is 48.9 Å². The van der Waals surface area contributed by atoms with Crippen LogP contribution in [0.1, 0.15) is 49.0 Å². The van der Waals surface area contributed by atoms with Crippen molar-refractivity contribution in [1.29, 1.82) is 0 Å². The monoisotopic (exact) mass is 624 g/mol. The second-order valence-corrected chi connectivity index (χ2v) is 13.0. The van der Waals surface area contributed by atoms with Gasteiger partial charge in [0.15, 0.2) is 17.3 Å². The number of anilines is 4. The molecule has 3 aliphatic rings. The lowest BCUT2D eigenvalue weighted by atomic mass is 9.93. The van der Waals surface area contributed by atoms with E-state index in [1.165, 1.54) is 31.6 Å². The van der Waals surface area contributed by atoms with Gasteiger partial charge in [0, 0.05) is 86.1 Å². The summed E-state index contributed by atoms with van der Waals surface area (Å²) in [7, 11) is 2.21. The highest BCUT2D eigenvalue weighted by molar-refractivity contribution is 6.00. The molecule has 2 aliphatic heterocycles. The predicted octanol–water partition coefficient (Wildman–Crippen LogP) is 3.79. The van der Waals surface area contributed by atoms with Crippen LogP contribution in [-0.4, -0.2) is 105 Å². The maximum atomic E-state index is 12.8. The van der Waals surface area contributed by atoms with Crippen molar-refractivity contribution >= 4 is 39.8 Å². The number of nitrogens with one attached hydrogen (secondary N) is 3. The molecule has 0 bridgehead atoms. The Bertz CT molecular complexity index is 1650. The quantitative estimate of drug-likeness (QED) is 0.196. The van der Waals surface area contributed by atoms with Gasteiger partial charge in [0.1, 0.15) is 5.69 Å². The van der Waals surface area contributed by atoms with Gasteiger partial charge in [-0.25, -0.2) is 9.97 Å². The molecule has 1 aliphatic carbocycles. The SMILES string of the molecule is CN1CCN(C2CCN(c3ccc(Nc4nc(NC5CCC(O)CC5)c(-c5cncc6[nH]ccc56)nc4C(N)=O)cc3)CC2)CC1. The highest BCUT2D eigenvalue weighted by Crippen LogP contribution is 2.35. The van der Waals surface area contributed by atoms with Crippen molar-refractivity contribution in [1.82, 2.24) is 29.7 Å². The number of aliphatic hydroxyl groups is 1. The molecule has 1 amide bonds. The standard InChI is InChI=1S/C34H44N10O2/c1-42-16-18-44(19-17-42)25-11-14-43(15-12-25)24-6-2-22(3-7-24)39-34-31(32(35)46)40-30(28-20-36-21-29-27(28)10-13-37-29)33(41-34)38-23-4-8-26(45)9-5-23/h2-3,6-7,10,13,20-21,23,25-26,37,45H,4-5,8-9,11-12,14-19H2,1H3,(H2,35,46)(H2,38,39,41). The van der Waals surface area contributed by atoms with Crippen LogP contribution in [0, 0.1) is 0 Å². The number of nitrogens with zero attached hydrogens (tertiary/aromatic N) is 6. The molecule has 0 spiro atoms. The van der Waals surface area contributed by atoms with E-state index >= 15 is 0 Å². The van der Waals surface area contributed by atoms with Crippen molar-refractivity contribution in [3.63, 3.8) is 0 Å². The Morgan fingerprint density at radius 3 is 2.37 bits per heavy atom. The molecule has 7 rings (SSSR count). The van der Waals surface area contributed by atoms with Gasteiger partial charge in [0.05, 0.1) is 17.8 Å². The molecule has 0 atom stereocenters. The maximum absolute atomic E-state index is 12.8. The van der Waals surface area contributed by atoms with Gasteiger partial charge in [0.25, 0.3) is 5.91 Å². The number of aromatic amines is 1. The van der Waals surface area contributed by atoms with E-state index in [1.54, 1.807) is 12.4 Å². The maximum Gasteiger partial charge on any atom is 0.271 e. The van der Waals surface area contributed by atoms with Crippen molar-refractivity contribution in [3.05, 3.63) is 54.6 Å². The van der Waals surface area contributed by atoms with Crippen molar-refractivity contribution < 1.29 is 9.90 Å². The van der Waals surface area contributed by atoms with E-state index in [-0.39, 0.29) is 17.8 Å². The van der Waals surface area contributed by atoms with Gasteiger partial charge in [-0.3, -0.25) is 14.7 Å². The number of fused-ring (bicyclic) bond motifs is 1. The van der Waals surface area contributed by atoms with Crippen LogP contribution in [0.4, 0.5) is 23.0 Å². The first kappa shape index (κ1) is 30.4. The molecule has 3 aromatic heterocycles. The van der Waals surface area contributed by atoms with Crippen LogP contribution < -0.4 is 21.3 Å². The topological polar surface area (TPSA) is 152 Å². The van der Waals surface area contributed by atoms with Gasteiger partial charge < -0.3 is 36.3 Å². The van der Waals surface area contributed by atoms with E-state index in [9.17, 15) is 9.90 Å². The predicted molar refractivity (Wildman–Crippen MR) is 182 cm³/mol. The number of H-pyrrole nitrogens is 1. The smallest absolute Gasteiger partial charge is 0.271 e. The first-order valence-electron chi connectivity index (χ1n) is 16.5. The van der Waals surface area contributed by atoms with Crippen LogP contribution in [0.5, 0.6) is 0 Å². The number of hydrogen-bond donors (Lipinski definition) is 5. The fourth-order valence-corrected chi connectivity index (χ4v) is 7.13. The lowest BCUT2D eigenvalue weighted by molar-refractivity contribution is 0.0982.